The highest BCUT2D eigenvalue weighted by atomic mass is 79.9. The molecule has 126 valence electrons. The molecule has 3 heterocycles. The largest absolute Gasteiger partial charge is 0.362 e. The highest BCUT2D eigenvalue weighted by molar-refractivity contribution is 9.10. The topological polar surface area (TPSA) is 94.7 Å². The van der Waals surface area contributed by atoms with E-state index in [0.29, 0.717) is 15.9 Å². The monoisotopic (exact) mass is 393 g/mol. The summed E-state index contributed by atoms with van der Waals surface area (Å²) in [5, 5.41) is 0. The minimum absolute atomic E-state index is 0.0321. The van der Waals surface area contributed by atoms with Gasteiger partial charge >= 0.3 is 5.69 Å². The summed E-state index contributed by atoms with van der Waals surface area (Å²) in [4.78, 5) is 44.3. The quantitative estimate of drug-likeness (QED) is 0.530. The molecule has 0 aliphatic heterocycles. The van der Waals surface area contributed by atoms with Crippen LogP contribution >= 0.6 is 15.9 Å². The van der Waals surface area contributed by atoms with Crippen molar-refractivity contribution in [2.45, 2.75) is 20.4 Å². The Morgan fingerprint density at radius 2 is 1.92 bits per heavy atom. The van der Waals surface area contributed by atoms with Gasteiger partial charge in [0.05, 0.1) is 6.54 Å². The number of hydrogen-bond donors (Lipinski definition) is 1. The number of carbonyl (C=O) groups is 1. The lowest BCUT2D eigenvalue weighted by Gasteiger charge is -2.09. The molecule has 3 rings (SSSR count). The van der Waals surface area contributed by atoms with Crippen molar-refractivity contribution in [1.82, 2.24) is 23.7 Å². The van der Waals surface area contributed by atoms with Crippen LogP contribution in [0.5, 0.6) is 0 Å². The summed E-state index contributed by atoms with van der Waals surface area (Å²) >= 11 is 3.28. The van der Waals surface area contributed by atoms with E-state index in [2.05, 4.69) is 25.9 Å². The second-order valence-corrected chi connectivity index (χ2v) is 6.47. The molecule has 3 aromatic heterocycles. The molecule has 0 aromatic carbocycles. The van der Waals surface area contributed by atoms with E-state index in [0.717, 1.165) is 16.0 Å². The van der Waals surface area contributed by atoms with Gasteiger partial charge in [0.15, 0.2) is 21.7 Å². The van der Waals surface area contributed by atoms with Gasteiger partial charge in [0.2, 0.25) is 0 Å². The highest BCUT2D eigenvalue weighted by Crippen LogP contribution is 2.18. The van der Waals surface area contributed by atoms with Gasteiger partial charge in [-0.05, 0) is 35.8 Å². The predicted octanol–water partition coefficient (Wildman–Crippen LogP) is 1.02. The number of H-pyrrole nitrogens is 1. The van der Waals surface area contributed by atoms with Crippen LogP contribution in [0.25, 0.3) is 11.2 Å². The number of halogens is 1. The molecule has 0 amide bonds. The number of rotatable bonds is 3. The minimum Gasteiger partial charge on any atom is -0.362 e. The zero-order chi connectivity index (χ0) is 17.8. The zero-order valence-electron chi connectivity index (χ0n) is 13.7. The Kier molecular flexibility index (Phi) is 3.83. The standard InChI is InChI=1S/C15H16BrN5O3/c1-7-5-9(8(2)17-7)10(22)6-21-12-11(18-14(21)16)13(23)20(4)15(24)19(12)3/h5,17H,6H2,1-4H3. The van der Waals surface area contributed by atoms with Crippen molar-refractivity contribution in [3.8, 4) is 0 Å². The van der Waals surface area contributed by atoms with Crippen molar-refractivity contribution in [1.29, 1.82) is 0 Å². The van der Waals surface area contributed by atoms with E-state index in [9.17, 15) is 14.4 Å². The number of imidazole rings is 1. The van der Waals surface area contributed by atoms with E-state index < -0.39 is 11.2 Å². The fraction of sp³-hybridized carbons (Fsp3) is 0.333. The molecule has 0 spiro atoms. The fourth-order valence-corrected chi connectivity index (χ4v) is 3.32. The van der Waals surface area contributed by atoms with E-state index in [4.69, 9.17) is 0 Å². The second kappa shape index (κ2) is 5.59. The van der Waals surface area contributed by atoms with Gasteiger partial charge in [0.1, 0.15) is 0 Å². The van der Waals surface area contributed by atoms with Crippen molar-refractivity contribution in [2.24, 2.45) is 14.1 Å². The van der Waals surface area contributed by atoms with Crippen molar-refractivity contribution in [3.63, 3.8) is 0 Å². The maximum Gasteiger partial charge on any atom is 0.332 e. The average molecular weight is 394 g/mol. The van der Waals surface area contributed by atoms with Gasteiger partial charge in [-0.2, -0.15) is 0 Å². The molecule has 0 aliphatic carbocycles. The van der Waals surface area contributed by atoms with Gasteiger partial charge in [-0.3, -0.25) is 23.3 Å². The third kappa shape index (κ3) is 2.35. The molecule has 3 aromatic rings. The summed E-state index contributed by atoms with van der Waals surface area (Å²) in [5.41, 5.74) is 1.75. The molecule has 0 atom stereocenters. The first-order chi connectivity index (χ1) is 11.2. The van der Waals surface area contributed by atoms with Crippen molar-refractivity contribution < 1.29 is 4.79 Å². The number of carbonyl (C=O) groups excluding carboxylic acids is 1. The maximum absolute atomic E-state index is 12.6. The van der Waals surface area contributed by atoms with Gasteiger partial charge in [-0.1, -0.05) is 0 Å². The highest BCUT2D eigenvalue weighted by Gasteiger charge is 2.21. The second-order valence-electron chi connectivity index (χ2n) is 5.76. The van der Waals surface area contributed by atoms with Crippen LogP contribution in [0.4, 0.5) is 0 Å². The van der Waals surface area contributed by atoms with E-state index in [1.165, 1.54) is 16.2 Å². The Bertz CT molecular complexity index is 1100. The van der Waals surface area contributed by atoms with Crippen LogP contribution in [-0.4, -0.2) is 29.5 Å². The third-order valence-electron chi connectivity index (χ3n) is 4.04. The molecular formula is C15H16BrN5O3. The first kappa shape index (κ1) is 16.4. The van der Waals surface area contributed by atoms with Crippen LogP contribution in [0.3, 0.4) is 0 Å². The lowest BCUT2D eigenvalue weighted by molar-refractivity contribution is 0.0972. The molecule has 1 N–H and O–H groups in total. The van der Waals surface area contributed by atoms with E-state index in [-0.39, 0.29) is 17.8 Å². The normalized spacial score (nSPS) is 11.4. The number of Topliss-reactive ketones (excluding diaryl/α,β-unsaturated/α-hetero) is 1. The first-order valence-corrected chi connectivity index (χ1v) is 8.02. The van der Waals surface area contributed by atoms with Crippen molar-refractivity contribution in [3.05, 3.63) is 48.6 Å². The zero-order valence-corrected chi connectivity index (χ0v) is 15.3. The number of hydrogen-bond acceptors (Lipinski definition) is 4. The molecule has 8 nitrogen and oxygen atoms in total. The average Bonchev–Trinajstić information content (AvgIpc) is 3.03. The van der Waals surface area contributed by atoms with E-state index in [1.807, 2.05) is 13.8 Å². The molecule has 24 heavy (non-hydrogen) atoms. The molecule has 0 aliphatic rings. The van der Waals surface area contributed by atoms with Crippen molar-refractivity contribution >= 4 is 32.9 Å². The summed E-state index contributed by atoms with van der Waals surface area (Å²) in [7, 11) is 2.94. The number of aromatic nitrogens is 5. The van der Waals surface area contributed by atoms with E-state index >= 15 is 0 Å². The molecule has 0 bridgehead atoms. The molecule has 0 unspecified atom stereocenters. The first-order valence-electron chi connectivity index (χ1n) is 7.23. The number of aromatic amines is 1. The molecule has 0 saturated carbocycles. The summed E-state index contributed by atoms with van der Waals surface area (Å²) < 4.78 is 4.17. The van der Waals surface area contributed by atoms with E-state index in [1.54, 1.807) is 13.1 Å². The predicted molar refractivity (Wildman–Crippen MR) is 92.5 cm³/mol. The Morgan fingerprint density at radius 3 is 2.50 bits per heavy atom. The number of fused-ring (bicyclic) bond motifs is 1. The maximum atomic E-state index is 12.6. The third-order valence-corrected chi connectivity index (χ3v) is 4.65. The van der Waals surface area contributed by atoms with Crippen LogP contribution in [0, 0.1) is 13.8 Å². The summed E-state index contributed by atoms with van der Waals surface area (Å²) in [6.45, 7) is 3.67. The molecule has 9 heteroatoms. The molecule has 0 saturated heterocycles. The van der Waals surface area contributed by atoms with Crippen LogP contribution in [0.1, 0.15) is 21.7 Å². The smallest absolute Gasteiger partial charge is 0.332 e. The fourth-order valence-electron chi connectivity index (χ4n) is 2.84. The van der Waals surface area contributed by atoms with Crippen LogP contribution < -0.4 is 11.2 Å². The van der Waals surface area contributed by atoms with Crippen molar-refractivity contribution in [2.75, 3.05) is 0 Å². The van der Waals surface area contributed by atoms with Crippen LogP contribution in [-0.2, 0) is 20.6 Å². The van der Waals surface area contributed by atoms with Gasteiger partial charge in [-0.15, -0.1) is 0 Å². The summed E-state index contributed by atoms with van der Waals surface area (Å²) in [6, 6.07) is 1.78. The Hall–Kier alpha value is -2.42. The van der Waals surface area contributed by atoms with Gasteiger partial charge < -0.3 is 4.98 Å². The number of aryl methyl sites for hydroxylation is 3. The minimum atomic E-state index is -0.492. The summed E-state index contributed by atoms with van der Waals surface area (Å²) in [6.07, 6.45) is 0. The molecule has 0 fully saturated rings. The Morgan fingerprint density at radius 1 is 1.25 bits per heavy atom. The lowest BCUT2D eigenvalue weighted by Crippen LogP contribution is -2.37. The van der Waals surface area contributed by atoms with Crippen LogP contribution in [0.2, 0.25) is 0 Å². The number of nitrogens with one attached hydrogen (secondary N) is 1. The number of ketones is 1. The molecule has 0 radical (unpaired) electrons. The lowest BCUT2D eigenvalue weighted by atomic mass is 10.1. The van der Waals surface area contributed by atoms with Gasteiger partial charge in [0, 0.05) is 31.0 Å². The van der Waals surface area contributed by atoms with Gasteiger partial charge in [0.25, 0.3) is 5.56 Å². The SMILES string of the molecule is Cc1cc(C(=O)Cn2c(Br)nc3c(=O)n(C)c(=O)n(C)c32)c(C)[nH]1. The Labute approximate surface area is 144 Å². The summed E-state index contributed by atoms with van der Waals surface area (Å²) in [5.74, 6) is -0.134. The van der Waals surface area contributed by atoms with Gasteiger partial charge in [-0.25, -0.2) is 9.78 Å². The van der Waals surface area contributed by atoms with Crippen LogP contribution in [0.15, 0.2) is 20.4 Å². The Balaban J connectivity index is 2.19. The number of nitrogens with zero attached hydrogens (tertiary/aromatic N) is 4. The molecular weight excluding hydrogens is 378 g/mol.